The van der Waals surface area contributed by atoms with Gasteiger partial charge in [-0.1, -0.05) is 48.5 Å². The van der Waals surface area contributed by atoms with Gasteiger partial charge in [-0.25, -0.2) is 0 Å². The average Bonchev–Trinajstić information content (AvgIpc) is 2.36. The van der Waals surface area contributed by atoms with Crippen molar-refractivity contribution in [1.82, 2.24) is 0 Å². The molecule has 3 aromatic rings. The van der Waals surface area contributed by atoms with Gasteiger partial charge in [0.1, 0.15) is 0 Å². The van der Waals surface area contributed by atoms with Gasteiger partial charge in [-0.05, 0) is 37.5 Å². The van der Waals surface area contributed by atoms with E-state index in [1.165, 1.54) is 21.5 Å². The first-order valence-corrected chi connectivity index (χ1v) is 6.31. The lowest BCUT2D eigenvalue weighted by Gasteiger charge is -2.09. The number of hydrogen-bond donors (Lipinski definition) is 1. The van der Waals surface area contributed by atoms with Crippen LogP contribution in [0.1, 0.15) is 0 Å². The van der Waals surface area contributed by atoms with E-state index in [1.54, 1.807) is 0 Å². The molecule has 0 aliphatic heterocycles. The first kappa shape index (κ1) is 10.2. The van der Waals surface area contributed by atoms with Gasteiger partial charge in [-0.15, -0.1) is 12.6 Å². The molecule has 0 saturated heterocycles. The lowest BCUT2D eigenvalue weighted by molar-refractivity contribution is 1.62. The third-order valence-electron chi connectivity index (χ3n) is 2.84. The van der Waals surface area contributed by atoms with Crippen LogP contribution < -0.4 is 0 Å². The van der Waals surface area contributed by atoms with E-state index >= 15 is 0 Å². The Morgan fingerprint density at radius 2 is 1.06 bits per heavy atom. The molecule has 0 nitrogen and oxygen atoms in total. The van der Waals surface area contributed by atoms with E-state index in [1.807, 2.05) is 12.1 Å². The molecule has 3 rings (SSSR count). The van der Waals surface area contributed by atoms with Crippen LogP contribution in [0.3, 0.4) is 0 Å². The van der Waals surface area contributed by atoms with Gasteiger partial charge < -0.3 is 0 Å². The van der Waals surface area contributed by atoms with Gasteiger partial charge in [0, 0.05) is 9.37 Å². The Hall–Kier alpha value is -0.990. The van der Waals surface area contributed by atoms with Crippen LogP contribution in [0.4, 0.5) is 0 Å². The Kier molecular flexibility index (Phi) is 2.41. The van der Waals surface area contributed by atoms with Gasteiger partial charge in [-0.3, -0.25) is 0 Å². The van der Waals surface area contributed by atoms with Gasteiger partial charge in [0.25, 0.3) is 0 Å². The van der Waals surface area contributed by atoms with Crippen LogP contribution in [0.25, 0.3) is 21.5 Å². The van der Waals surface area contributed by atoms with Gasteiger partial charge in [-0.2, -0.15) is 0 Å². The zero-order chi connectivity index (χ0) is 11.1. The molecule has 3 aromatic carbocycles. The van der Waals surface area contributed by atoms with Crippen LogP contribution in [0, 0.1) is 0 Å². The Labute approximate surface area is 108 Å². The molecule has 0 radical (unpaired) electrons. The number of hydrogen-bond acceptors (Lipinski definition) is 1. The molecule has 0 saturated carbocycles. The minimum atomic E-state index is 1.05. The summed E-state index contributed by atoms with van der Waals surface area (Å²) in [7, 11) is 0. The summed E-state index contributed by atoms with van der Waals surface area (Å²) < 4.78 is 1.15. The van der Waals surface area contributed by atoms with Crippen molar-refractivity contribution in [1.29, 1.82) is 0 Å². The summed E-state index contributed by atoms with van der Waals surface area (Å²) in [5.74, 6) is 0. The minimum Gasteiger partial charge on any atom is -0.142 e. The van der Waals surface area contributed by atoms with Crippen molar-refractivity contribution >= 4 is 50.1 Å². The van der Waals surface area contributed by atoms with Crippen molar-refractivity contribution in [3.63, 3.8) is 0 Å². The van der Waals surface area contributed by atoms with Crippen LogP contribution in [0.15, 0.2) is 57.9 Å². The second-order valence-electron chi connectivity index (χ2n) is 3.75. The van der Waals surface area contributed by atoms with Crippen LogP contribution in [-0.4, -0.2) is 0 Å². The van der Waals surface area contributed by atoms with Crippen molar-refractivity contribution in [2.45, 2.75) is 4.90 Å². The van der Waals surface area contributed by atoms with E-state index in [0.29, 0.717) is 0 Å². The van der Waals surface area contributed by atoms with Gasteiger partial charge >= 0.3 is 0 Å². The number of halogens is 1. The van der Waals surface area contributed by atoms with E-state index in [4.69, 9.17) is 0 Å². The standard InChI is InChI=1S/C14H9BrS/c15-13-9-5-1-3-7-11(9)14(16)12-8-4-2-6-10(12)13/h1-8,16H. The Bertz CT molecular complexity index is 572. The van der Waals surface area contributed by atoms with E-state index in [-0.39, 0.29) is 0 Å². The minimum absolute atomic E-state index is 1.05. The summed E-state index contributed by atoms with van der Waals surface area (Å²) in [6, 6.07) is 16.6. The highest BCUT2D eigenvalue weighted by atomic mass is 79.9. The molecule has 16 heavy (non-hydrogen) atoms. The zero-order valence-corrected chi connectivity index (χ0v) is 10.9. The van der Waals surface area contributed by atoms with Crippen molar-refractivity contribution in [3.05, 3.63) is 53.0 Å². The second kappa shape index (κ2) is 3.79. The molecule has 0 aromatic heterocycles. The molecule has 0 atom stereocenters. The van der Waals surface area contributed by atoms with Gasteiger partial charge in [0.05, 0.1) is 0 Å². The van der Waals surface area contributed by atoms with Crippen LogP contribution in [0.5, 0.6) is 0 Å². The topological polar surface area (TPSA) is 0 Å². The maximum Gasteiger partial charge on any atom is 0.0332 e. The lowest BCUT2D eigenvalue weighted by atomic mass is 10.0. The fraction of sp³-hybridized carbons (Fsp3) is 0. The molecular weight excluding hydrogens is 280 g/mol. The molecule has 2 heteroatoms. The van der Waals surface area contributed by atoms with Crippen LogP contribution in [-0.2, 0) is 0 Å². The van der Waals surface area contributed by atoms with Gasteiger partial charge in [0.15, 0.2) is 0 Å². The fourth-order valence-corrected chi connectivity index (χ4v) is 3.13. The van der Waals surface area contributed by atoms with E-state index < -0.39 is 0 Å². The maximum atomic E-state index is 4.64. The predicted molar refractivity (Wildman–Crippen MR) is 76.4 cm³/mol. The highest BCUT2D eigenvalue weighted by Crippen LogP contribution is 2.37. The fourth-order valence-electron chi connectivity index (χ4n) is 2.05. The van der Waals surface area contributed by atoms with Crippen LogP contribution in [0.2, 0.25) is 0 Å². The highest BCUT2D eigenvalue weighted by molar-refractivity contribution is 9.10. The molecule has 0 amide bonds. The molecule has 78 valence electrons. The molecular formula is C14H9BrS. The van der Waals surface area contributed by atoms with Crippen LogP contribution >= 0.6 is 28.6 Å². The molecule has 0 aliphatic carbocycles. The van der Waals surface area contributed by atoms with Crippen molar-refractivity contribution in [2.75, 3.05) is 0 Å². The summed E-state index contributed by atoms with van der Waals surface area (Å²) in [5.41, 5.74) is 0. The average molecular weight is 289 g/mol. The first-order valence-electron chi connectivity index (χ1n) is 5.07. The van der Waals surface area contributed by atoms with Crippen molar-refractivity contribution in [3.8, 4) is 0 Å². The Morgan fingerprint density at radius 1 is 0.688 bits per heavy atom. The summed E-state index contributed by atoms with van der Waals surface area (Å²) >= 11 is 8.33. The van der Waals surface area contributed by atoms with E-state index in [9.17, 15) is 0 Å². The lowest BCUT2D eigenvalue weighted by Crippen LogP contribution is -1.82. The van der Waals surface area contributed by atoms with E-state index in [2.05, 4.69) is 65.0 Å². The molecule has 0 heterocycles. The molecule has 0 aliphatic rings. The third kappa shape index (κ3) is 1.37. The van der Waals surface area contributed by atoms with Crippen molar-refractivity contribution in [2.24, 2.45) is 0 Å². The SMILES string of the molecule is Sc1c2ccccc2c(Br)c2ccccc12. The number of fused-ring (bicyclic) bond motifs is 2. The van der Waals surface area contributed by atoms with E-state index in [0.717, 1.165) is 9.37 Å². The molecule has 0 bridgehead atoms. The number of thiol groups is 1. The Morgan fingerprint density at radius 3 is 1.50 bits per heavy atom. The zero-order valence-electron chi connectivity index (χ0n) is 8.44. The monoisotopic (exact) mass is 288 g/mol. The molecule has 0 spiro atoms. The number of benzene rings is 3. The smallest absolute Gasteiger partial charge is 0.0332 e. The third-order valence-corrected chi connectivity index (χ3v) is 4.17. The summed E-state index contributed by atoms with van der Waals surface area (Å²) in [6.45, 7) is 0. The number of rotatable bonds is 0. The second-order valence-corrected chi connectivity index (χ2v) is 4.99. The molecule has 0 N–H and O–H groups in total. The van der Waals surface area contributed by atoms with Crippen molar-refractivity contribution < 1.29 is 0 Å². The normalized spacial score (nSPS) is 11.1. The largest absolute Gasteiger partial charge is 0.142 e. The summed E-state index contributed by atoms with van der Waals surface area (Å²) in [4.78, 5) is 1.05. The van der Waals surface area contributed by atoms with Gasteiger partial charge in [0.2, 0.25) is 0 Å². The summed E-state index contributed by atoms with van der Waals surface area (Å²) in [6.07, 6.45) is 0. The first-order chi connectivity index (χ1) is 7.79. The maximum absolute atomic E-state index is 4.64. The molecule has 0 unspecified atom stereocenters. The predicted octanol–water partition coefficient (Wildman–Crippen LogP) is 5.04. The quantitative estimate of drug-likeness (QED) is 0.435. The molecule has 0 fully saturated rings. The Balaban J connectivity index is 2.67. The highest BCUT2D eigenvalue weighted by Gasteiger charge is 2.08. The summed E-state index contributed by atoms with van der Waals surface area (Å²) in [5, 5.41) is 4.81.